The van der Waals surface area contributed by atoms with Gasteiger partial charge in [-0.15, -0.1) is 11.3 Å². The molecule has 0 aliphatic heterocycles. The maximum atomic E-state index is 10.8. The number of aryl methyl sites for hydroxylation is 1. The van der Waals surface area contributed by atoms with Crippen molar-refractivity contribution in [2.45, 2.75) is 13.5 Å². The molecule has 0 radical (unpaired) electrons. The van der Waals surface area contributed by atoms with Crippen molar-refractivity contribution in [3.63, 3.8) is 0 Å². The Morgan fingerprint density at radius 1 is 1.44 bits per heavy atom. The molecule has 0 unspecified atom stereocenters. The van der Waals surface area contributed by atoms with Crippen molar-refractivity contribution in [1.29, 1.82) is 0 Å². The molecule has 2 aromatic rings. The van der Waals surface area contributed by atoms with Gasteiger partial charge in [-0.05, 0) is 58.1 Å². The molecule has 0 fully saturated rings. The van der Waals surface area contributed by atoms with Crippen LogP contribution in [0.15, 0.2) is 34.1 Å². The summed E-state index contributed by atoms with van der Waals surface area (Å²) in [6.07, 6.45) is 0. The summed E-state index contributed by atoms with van der Waals surface area (Å²) in [7, 11) is 0. The molecule has 0 aliphatic carbocycles. The summed E-state index contributed by atoms with van der Waals surface area (Å²) < 4.78 is 6.72. The molecule has 94 valence electrons. The van der Waals surface area contributed by atoms with Crippen molar-refractivity contribution in [3.8, 4) is 5.75 Å². The van der Waals surface area contributed by atoms with Crippen molar-refractivity contribution in [2.75, 3.05) is 0 Å². The summed E-state index contributed by atoms with van der Waals surface area (Å²) in [4.78, 5) is 11.9. The molecule has 5 heteroatoms. The molecule has 0 atom stereocenters. The second-order valence-corrected chi connectivity index (χ2v) is 5.62. The number of benzene rings is 1. The number of carbonyl (C=O) groups is 1. The van der Waals surface area contributed by atoms with Gasteiger partial charge in [-0.2, -0.15) is 0 Å². The lowest BCUT2D eigenvalue weighted by atomic mass is 10.1. The zero-order valence-corrected chi connectivity index (χ0v) is 12.0. The third-order valence-corrected chi connectivity index (χ3v) is 4.37. The Morgan fingerprint density at radius 3 is 2.78 bits per heavy atom. The summed E-state index contributed by atoms with van der Waals surface area (Å²) in [5.74, 6) is -0.217. The van der Waals surface area contributed by atoms with Crippen LogP contribution in [0.1, 0.15) is 20.8 Å². The summed E-state index contributed by atoms with van der Waals surface area (Å²) in [6.45, 7) is 2.32. The molecule has 0 saturated carbocycles. The third kappa shape index (κ3) is 2.91. The Bertz CT molecular complexity index is 577. The normalized spacial score (nSPS) is 10.3. The van der Waals surface area contributed by atoms with Gasteiger partial charge in [0.25, 0.3) is 0 Å². The monoisotopic (exact) mass is 326 g/mol. The molecule has 0 aliphatic rings. The van der Waals surface area contributed by atoms with E-state index in [0.29, 0.717) is 12.4 Å². The van der Waals surface area contributed by atoms with Gasteiger partial charge in [0, 0.05) is 4.47 Å². The van der Waals surface area contributed by atoms with E-state index in [9.17, 15) is 4.79 Å². The fourth-order valence-electron chi connectivity index (χ4n) is 1.52. The van der Waals surface area contributed by atoms with Crippen molar-refractivity contribution in [1.82, 2.24) is 0 Å². The van der Waals surface area contributed by atoms with Crippen LogP contribution in [0.25, 0.3) is 0 Å². The van der Waals surface area contributed by atoms with Crippen LogP contribution in [0.5, 0.6) is 5.75 Å². The van der Waals surface area contributed by atoms with Crippen molar-refractivity contribution in [3.05, 3.63) is 50.1 Å². The van der Waals surface area contributed by atoms with Gasteiger partial charge >= 0.3 is 5.97 Å². The van der Waals surface area contributed by atoms with E-state index in [2.05, 4.69) is 15.9 Å². The number of carboxylic acid groups (broad SMARTS) is 1. The molecule has 1 aromatic heterocycles. The van der Waals surface area contributed by atoms with E-state index >= 15 is 0 Å². The topological polar surface area (TPSA) is 46.5 Å². The molecule has 18 heavy (non-hydrogen) atoms. The standard InChI is InChI=1S/C13H11BrO3S/c1-8-6-9(13(15)16)2-3-11(8)17-7-12-10(14)4-5-18-12/h2-6H,7H2,1H3,(H,15,16). The van der Waals surface area contributed by atoms with Gasteiger partial charge < -0.3 is 9.84 Å². The van der Waals surface area contributed by atoms with Crippen molar-refractivity contribution in [2.24, 2.45) is 0 Å². The highest BCUT2D eigenvalue weighted by Crippen LogP contribution is 2.26. The molecule has 0 amide bonds. The van der Waals surface area contributed by atoms with Crippen LogP contribution < -0.4 is 4.74 Å². The SMILES string of the molecule is Cc1cc(C(=O)O)ccc1OCc1sccc1Br. The maximum Gasteiger partial charge on any atom is 0.335 e. The Kier molecular flexibility index (Phi) is 4.04. The molecule has 0 bridgehead atoms. The predicted octanol–water partition coefficient (Wildman–Crippen LogP) is 4.10. The Hall–Kier alpha value is -1.33. The van der Waals surface area contributed by atoms with Crippen molar-refractivity contribution >= 4 is 33.2 Å². The van der Waals surface area contributed by atoms with Crippen molar-refractivity contribution < 1.29 is 14.6 Å². The predicted molar refractivity (Wildman–Crippen MR) is 74.5 cm³/mol. The average molecular weight is 327 g/mol. The number of aromatic carboxylic acids is 1. The second-order valence-electron chi connectivity index (χ2n) is 3.77. The second kappa shape index (κ2) is 5.54. The number of hydrogen-bond acceptors (Lipinski definition) is 3. The fraction of sp³-hybridized carbons (Fsp3) is 0.154. The van der Waals surface area contributed by atoms with E-state index in [1.807, 2.05) is 18.4 Å². The number of thiophene rings is 1. The minimum absolute atomic E-state index is 0.275. The molecule has 1 heterocycles. The maximum absolute atomic E-state index is 10.8. The van der Waals surface area contributed by atoms with Gasteiger partial charge in [0.1, 0.15) is 12.4 Å². The van der Waals surface area contributed by atoms with E-state index in [4.69, 9.17) is 9.84 Å². The lowest BCUT2D eigenvalue weighted by Gasteiger charge is -2.09. The zero-order valence-electron chi connectivity index (χ0n) is 9.64. The van der Waals surface area contributed by atoms with Gasteiger partial charge in [0.2, 0.25) is 0 Å². The Labute approximate surface area is 117 Å². The average Bonchev–Trinajstić information content (AvgIpc) is 2.73. The number of ether oxygens (including phenoxy) is 1. The minimum Gasteiger partial charge on any atom is -0.488 e. The number of halogens is 1. The summed E-state index contributed by atoms with van der Waals surface area (Å²) in [5.41, 5.74) is 1.10. The van der Waals surface area contributed by atoms with Crippen LogP contribution in [0.3, 0.4) is 0 Å². The first-order chi connectivity index (χ1) is 8.58. The molecule has 0 spiro atoms. The van der Waals surface area contributed by atoms with Crippen LogP contribution in [-0.4, -0.2) is 11.1 Å². The quantitative estimate of drug-likeness (QED) is 0.920. The molecule has 0 saturated heterocycles. The highest BCUT2D eigenvalue weighted by Gasteiger charge is 2.08. The number of carboxylic acids is 1. The van der Waals surface area contributed by atoms with E-state index in [0.717, 1.165) is 14.9 Å². The largest absolute Gasteiger partial charge is 0.488 e. The molecule has 1 aromatic carbocycles. The van der Waals surface area contributed by atoms with E-state index in [1.165, 1.54) is 0 Å². The first-order valence-electron chi connectivity index (χ1n) is 5.26. The summed E-state index contributed by atoms with van der Waals surface area (Å²) in [5, 5.41) is 10.9. The summed E-state index contributed by atoms with van der Waals surface area (Å²) in [6, 6.07) is 6.83. The van der Waals surface area contributed by atoms with Crippen LogP contribution in [0.2, 0.25) is 0 Å². The first-order valence-corrected chi connectivity index (χ1v) is 6.94. The zero-order chi connectivity index (χ0) is 13.1. The molecule has 2 rings (SSSR count). The third-order valence-electron chi connectivity index (χ3n) is 2.47. The Balaban J connectivity index is 2.11. The van der Waals surface area contributed by atoms with E-state index < -0.39 is 5.97 Å². The molecule has 3 nitrogen and oxygen atoms in total. The minimum atomic E-state index is -0.925. The molecular weight excluding hydrogens is 316 g/mol. The first kappa shape index (κ1) is 13.1. The smallest absolute Gasteiger partial charge is 0.335 e. The van der Waals surface area contributed by atoms with Crippen LogP contribution in [0.4, 0.5) is 0 Å². The van der Waals surface area contributed by atoms with Gasteiger partial charge in [-0.25, -0.2) is 4.79 Å². The van der Waals surface area contributed by atoms with E-state index in [1.54, 1.807) is 29.5 Å². The Morgan fingerprint density at radius 2 is 2.22 bits per heavy atom. The van der Waals surface area contributed by atoms with Crippen LogP contribution in [0, 0.1) is 6.92 Å². The molecular formula is C13H11BrO3S. The van der Waals surface area contributed by atoms with E-state index in [-0.39, 0.29) is 5.56 Å². The lowest BCUT2D eigenvalue weighted by molar-refractivity contribution is 0.0696. The number of rotatable bonds is 4. The van der Waals surface area contributed by atoms with Gasteiger partial charge in [0.05, 0.1) is 10.4 Å². The number of hydrogen-bond donors (Lipinski definition) is 1. The molecule has 1 N–H and O–H groups in total. The fourth-order valence-corrected chi connectivity index (χ4v) is 2.89. The highest BCUT2D eigenvalue weighted by molar-refractivity contribution is 9.10. The van der Waals surface area contributed by atoms with Gasteiger partial charge in [-0.1, -0.05) is 0 Å². The van der Waals surface area contributed by atoms with Crippen LogP contribution >= 0.6 is 27.3 Å². The summed E-state index contributed by atoms with van der Waals surface area (Å²) >= 11 is 5.06. The van der Waals surface area contributed by atoms with Gasteiger partial charge in [0.15, 0.2) is 0 Å². The highest BCUT2D eigenvalue weighted by atomic mass is 79.9. The van der Waals surface area contributed by atoms with Gasteiger partial charge in [-0.3, -0.25) is 0 Å². The van der Waals surface area contributed by atoms with Crippen LogP contribution in [-0.2, 0) is 6.61 Å². The lowest BCUT2D eigenvalue weighted by Crippen LogP contribution is -1.99.